The minimum absolute atomic E-state index is 0.0879. The van der Waals surface area contributed by atoms with Gasteiger partial charge in [0.1, 0.15) is 5.75 Å². The SMILES string of the molecule is COc1cccc(P(Cl)/C=C/c2cc(Cl)c(C(=O)O)c(Cl)c2)c1. The van der Waals surface area contributed by atoms with Gasteiger partial charge in [0.05, 0.1) is 22.7 Å². The Hall–Kier alpha value is -1.25. The maximum atomic E-state index is 11.0. The van der Waals surface area contributed by atoms with Crippen LogP contribution in [0, 0.1) is 0 Å². The first kappa shape index (κ1) is 18.1. The average molecular weight is 390 g/mol. The molecule has 0 spiro atoms. The van der Waals surface area contributed by atoms with Gasteiger partial charge in [-0.1, -0.05) is 52.7 Å². The van der Waals surface area contributed by atoms with Gasteiger partial charge in [0.15, 0.2) is 0 Å². The van der Waals surface area contributed by atoms with Gasteiger partial charge in [-0.2, -0.15) is 0 Å². The van der Waals surface area contributed by atoms with Gasteiger partial charge < -0.3 is 9.84 Å². The Balaban J connectivity index is 2.24. The van der Waals surface area contributed by atoms with Crippen molar-refractivity contribution >= 4 is 59.1 Å². The van der Waals surface area contributed by atoms with E-state index in [9.17, 15) is 4.79 Å². The maximum absolute atomic E-state index is 11.0. The first-order valence-electron chi connectivity index (χ1n) is 6.42. The largest absolute Gasteiger partial charge is 0.497 e. The Morgan fingerprint density at radius 1 is 1.22 bits per heavy atom. The van der Waals surface area contributed by atoms with Crippen LogP contribution in [0.5, 0.6) is 5.75 Å². The van der Waals surface area contributed by atoms with Crippen molar-refractivity contribution in [1.29, 1.82) is 0 Å². The molecule has 2 aromatic carbocycles. The van der Waals surface area contributed by atoms with Crippen LogP contribution in [-0.2, 0) is 0 Å². The molecule has 0 aromatic heterocycles. The zero-order chi connectivity index (χ0) is 17.0. The molecule has 2 aromatic rings. The first-order valence-corrected chi connectivity index (χ1v) is 9.49. The fraction of sp³-hybridized carbons (Fsp3) is 0.0625. The summed E-state index contributed by atoms with van der Waals surface area (Å²) in [4.78, 5) is 11.0. The van der Waals surface area contributed by atoms with Crippen LogP contribution in [0.4, 0.5) is 0 Å². The molecule has 0 saturated carbocycles. The molecular formula is C16H12Cl3O3P. The smallest absolute Gasteiger partial charge is 0.338 e. The quantitative estimate of drug-likeness (QED) is 0.674. The monoisotopic (exact) mass is 388 g/mol. The fourth-order valence-electron chi connectivity index (χ4n) is 1.87. The number of aromatic carboxylic acids is 1. The van der Waals surface area contributed by atoms with E-state index in [0.717, 1.165) is 11.1 Å². The molecule has 0 saturated heterocycles. The number of ether oxygens (including phenoxy) is 1. The number of halogens is 3. The van der Waals surface area contributed by atoms with E-state index in [1.165, 1.54) is 0 Å². The van der Waals surface area contributed by atoms with Gasteiger partial charge in [0, 0.05) is 7.27 Å². The molecule has 120 valence electrons. The molecule has 0 fully saturated rings. The van der Waals surface area contributed by atoms with Gasteiger partial charge >= 0.3 is 5.97 Å². The van der Waals surface area contributed by atoms with Gasteiger partial charge in [-0.25, -0.2) is 4.79 Å². The van der Waals surface area contributed by atoms with E-state index < -0.39 is 13.2 Å². The van der Waals surface area contributed by atoms with Crippen molar-refractivity contribution in [1.82, 2.24) is 0 Å². The van der Waals surface area contributed by atoms with Crippen molar-refractivity contribution in [2.24, 2.45) is 0 Å². The molecule has 23 heavy (non-hydrogen) atoms. The third-order valence-electron chi connectivity index (χ3n) is 2.98. The van der Waals surface area contributed by atoms with Crippen LogP contribution in [0.3, 0.4) is 0 Å². The summed E-state index contributed by atoms with van der Waals surface area (Å²) < 4.78 is 5.17. The second-order valence-electron chi connectivity index (χ2n) is 4.49. The summed E-state index contributed by atoms with van der Waals surface area (Å²) in [6.07, 6.45) is 1.77. The minimum Gasteiger partial charge on any atom is -0.497 e. The number of methoxy groups -OCH3 is 1. The maximum Gasteiger partial charge on any atom is 0.338 e. The Bertz CT molecular complexity index is 739. The van der Waals surface area contributed by atoms with E-state index in [2.05, 4.69) is 0 Å². The van der Waals surface area contributed by atoms with E-state index in [0.29, 0.717) is 5.56 Å². The number of carboxylic acids is 1. The highest BCUT2D eigenvalue weighted by Crippen LogP contribution is 2.43. The average Bonchev–Trinajstić information content (AvgIpc) is 2.51. The number of carboxylic acid groups (broad SMARTS) is 1. The van der Waals surface area contributed by atoms with E-state index in [-0.39, 0.29) is 15.6 Å². The zero-order valence-electron chi connectivity index (χ0n) is 12.0. The van der Waals surface area contributed by atoms with Gasteiger partial charge in [-0.3, -0.25) is 0 Å². The van der Waals surface area contributed by atoms with Crippen LogP contribution in [-0.4, -0.2) is 18.2 Å². The first-order chi connectivity index (χ1) is 10.9. The van der Waals surface area contributed by atoms with Crippen LogP contribution in [0.25, 0.3) is 6.08 Å². The molecule has 0 bridgehead atoms. The number of carbonyl (C=O) groups is 1. The predicted molar refractivity (Wildman–Crippen MR) is 97.9 cm³/mol. The zero-order valence-corrected chi connectivity index (χ0v) is 15.1. The molecule has 1 atom stereocenters. The highest BCUT2D eigenvalue weighted by Gasteiger charge is 2.14. The molecule has 7 heteroatoms. The molecule has 2 rings (SSSR count). The van der Waals surface area contributed by atoms with Crippen LogP contribution in [0.15, 0.2) is 42.2 Å². The van der Waals surface area contributed by atoms with Crippen molar-refractivity contribution in [2.75, 3.05) is 7.11 Å². The Morgan fingerprint density at radius 3 is 2.43 bits per heavy atom. The molecule has 0 aliphatic rings. The van der Waals surface area contributed by atoms with Crippen molar-refractivity contribution < 1.29 is 14.6 Å². The van der Waals surface area contributed by atoms with E-state index in [4.69, 9.17) is 44.3 Å². The van der Waals surface area contributed by atoms with Crippen LogP contribution in [0.1, 0.15) is 15.9 Å². The second kappa shape index (κ2) is 8.03. The summed E-state index contributed by atoms with van der Waals surface area (Å²) in [6, 6.07) is 10.6. The van der Waals surface area contributed by atoms with Crippen molar-refractivity contribution in [3.63, 3.8) is 0 Å². The lowest BCUT2D eigenvalue weighted by molar-refractivity contribution is 0.0697. The lowest BCUT2D eigenvalue weighted by Gasteiger charge is -2.07. The lowest BCUT2D eigenvalue weighted by atomic mass is 10.1. The van der Waals surface area contributed by atoms with Gasteiger partial charge in [-0.05, 0) is 41.0 Å². The topological polar surface area (TPSA) is 46.5 Å². The molecule has 0 aliphatic heterocycles. The Kier molecular flexibility index (Phi) is 6.32. The van der Waals surface area contributed by atoms with Crippen LogP contribution in [0.2, 0.25) is 10.0 Å². The van der Waals surface area contributed by atoms with Crippen LogP contribution < -0.4 is 10.0 Å². The van der Waals surface area contributed by atoms with Gasteiger partial charge in [0.25, 0.3) is 0 Å². The normalized spacial score (nSPS) is 12.3. The molecule has 0 heterocycles. The highest BCUT2D eigenvalue weighted by molar-refractivity contribution is 7.92. The van der Waals surface area contributed by atoms with Crippen molar-refractivity contribution in [3.8, 4) is 5.75 Å². The predicted octanol–water partition coefficient (Wildman–Crippen LogP) is 5.63. The van der Waals surface area contributed by atoms with Crippen molar-refractivity contribution in [3.05, 3.63) is 63.4 Å². The Labute approximate surface area is 150 Å². The number of hydrogen-bond donors (Lipinski definition) is 1. The second-order valence-corrected chi connectivity index (χ2v) is 7.84. The number of benzene rings is 2. The summed E-state index contributed by atoms with van der Waals surface area (Å²) in [6.45, 7) is 0. The van der Waals surface area contributed by atoms with Crippen LogP contribution >= 0.6 is 41.7 Å². The molecule has 0 amide bonds. The third-order valence-corrected chi connectivity index (χ3v) is 5.68. The molecule has 0 aliphatic carbocycles. The molecular weight excluding hydrogens is 378 g/mol. The standard InChI is InChI=1S/C16H12Cl3O3P/c1-22-11-3-2-4-12(9-11)23(19)6-5-10-7-13(17)15(16(20)21)14(18)8-10/h2-9H,1H3,(H,20,21)/b6-5+. The van der Waals surface area contributed by atoms with Crippen molar-refractivity contribution in [2.45, 2.75) is 0 Å². The van der Waals surface area contributed by atoms with Gasteiger partial charge in [0.2, 0.25) is 0 Å². The number of rotatable bonds is 5. The summed E-state index contributed by atoms with van der Waals surface area (Å²) in [5.41, 5.74) is 0.576. The molecule has 1 N–H and O–H groups in total. The summed E-state index contributed by atoms with van der Waals surface area (Å²) in [5.74, 6) is 1.40. The lowest BCUT2D eigenvalue weighted by Crippen LogP contribution is -1.99. The highest BCUT2D eigenvalue weighted by atomic mass is 35.7. The molecule has 3 nitrogen and oxygen atoms in total. The fourth-order valence-corrected chi connectivity index (χ4v) is 3.98. The minimum atomic E-state index is -1.16. The third kappa shape index (κ3) is 4.62. The van der Waals surface area contributed by atoms with E-state index in [1.807, 2.05) is 30.1 Å². The summed E-state index contributed by atoms with van der Waals surface area (Å²) in [7, 11) is 0.545. The van der Waals surface area contributed by atoms with E-state index >= 15 is 0 Å². The van der Waals surface area contributed by atoms with Gasteiger partial charge in [-0.15, -0.1) is 0 Å². The van der Waals surface area contributed by atoms with E-state index in [1.54, 1.807) is 25.3 Å². The number of hydrogen-bond acceptors (Lipinski definition) is 2. The molecule has 1 unspecified atom stereocenters. The Morgan fingerprint density at radius 2 is 1.87 bits per heavy atom. The summed E-state index contributed by atoms with van der Waals surface area (Å²) >= 11 is 18.3. The summed E-state index contributed by atoms with van der Waals surface area (Å²) in [5, 5.41) is 10.2. The molecule has 0 radical (unpaired) electrons.